The molecule has 3 heterocycles. The maximum atomic E-state index is 14.4. The van der Waals surface area contributed by atoms with Crippen LogP contribution in [0.3, 0.4) is 0 Å². The fourth-order valence-corrected chi connectivity index (χ4v) is 7.59. The Kier molecular flexibility index (Phi) is 7.73. The number of benzene rings is 6. The summed E-state index contributed by atoms with van der Waals surface area (Å²) in [6.07, 6.45) is 2.82. The van der Waals surface area contributed by atoms with Gasteiger partial charge in [0.2, 0.25) is 0 Å². The van der Waals surface area contributed by atoms with E-state index in [9.17, 15) is 4.39 Å². The highest BCUT2D eigenvalue weighted by Crippen LogP contribution is 2.46. The van der Waals surface area contributed by atoms with Gasteiger partial charge in [0.15, 0.2) is 0 Å². The van der Waals surface area contributed by atoms with Crippen LogP contribution in [0.1, 0.15) is 23.6 Å². The summed E-state index contributed by atoms with van der Waals surface area (Å²) in [5.74, 6) is 2.08. The van der Waals surface area contributed by atoms with Crippen LogP contribution in [-0.2, 0) is 6.42 Å². The van der Waals surface area contributed by atoms with E-state index in [1.54, 1.807) is 12.1 Å². The maximum Gasteiger partial charge on any atom is 0.137 e. The van der Waals surface area contributed by atoms with Crippen molar-refractivity contribution >= 4 is 44.6 Å². The first-order chi connectivity index (χ1) is 25.4. The smallest absolute Gasteiger partial charge is 0.137 e. The van der Waals surface area contributed by atoms with E-state index in [2.05, 4.69) is 138 Å². The molecule has 0 atom stereocenters. The van der Waals surface area contributed by atoms with Crippen molar-refractivity contribution in [3.8, 4) is 28.4 Å². The van der Waals surface area contributed by atoms with Gasteiger partial charge >= 0.3 is 0 Å². The number of ether oxygens (including phenoxy) is 1. The molecule has 2 aromatic heterocycles. The van der Waals surface area contributed by atoms with E-state index in [1.807, 2.05) is 24.4 Å². The molecule has 1 aliphatic heterocycles. The van der Waals surface area contributed by atoms with Crippen LogP contribution >= 0.6 is 0 Å². The normalized spacial score (nSPS) is 12.5. The molecule has 0 spiro atoms. The van der Waals surface area contributed by atoms with Gasteiger partial charge in [-0.05, 0) is 115 Å². The molecule has 0 fully saturated rings. The first-order valence-electron chi connectivity index (χ1n) is 17.7. The molecule has 52 heavy (non-hydrogen) atoms. The minimum Gasteiger partial charge on any atom is -0.457 e. The second kappa shape index (κ2) is 12.7. The van der Waals surface area contributed by atoms with Gasteiger partial charge in [-0.1, -0.05) is 67.1 Å². The average molecular weight is 681 g/mol. The first-order valence-corrected chi connectivity index (χ1v) is 17.7. The summed E-state index contributed by atoms with van der Waals surface area (Å²) >= 11 is 0. The Bertz CT molecular complexity index is 2640. The Morgan fingerprint density at radius 2 is 1.44 bits per heavy atom. The van der Waals surface area contributed by atoms with E-state index < -0.39 is 0 Å². The number of fused-ring (bicyclic) bond motifs is 4. The van der Waals surface area contributed by atoms with Crippen LogP contribution in [0.15, 0.2) is 146 Å². The molecule has 9 rings (SSSR count). The Morgan fingerprint density at radius 3 is 2.25 bits per heavy atom. The van der Waals surface area contributed by atoms with E-state index in [-0.39, 0.29) is 5.82 Å². The molecular formula is C46H37FN4O. The number of hydrogen-bond donors (Lipinski definition) is 0. The summed E-state index contributed by atoms with van der Waals surface area (Å²) in [6.45, 7) is 6.96. The van der Waals surface area contributed by atoms with Crippen molar-refractivity contribution < 1.29 is 9.13 Å². The van der Waals surface area contributed by atoms with Crippen molar-refractivity contribution in [1.29, 1.82) is 0 Å². The summed E-state index contributed by atoms with van der Waals surface area (Å²) in [5.41, 5.74) is 11.8. The minimum atomic E-state index is -0.259. The van der Waals surface area contributed by atoms with E-state index in [4.69, 9.17) is 9.72 Å². The zero-order valence-electron chi connectivity index (χ0n) is 29.3. The highest BCUT2D eigenvalue weighted by atomic mass is 19.1. The third kappa shape index (κ3) is 5.53. The number of anilines is 4. The highest BCUT2D eigenvalue weighted by molar-refractivity contribution is 6.09. The molecular weight excluding hydrogens is 644 g/mol. The Labute approximate surface area is 302 Å². The molecule has 0 N–H and O–H groups in total. The van der Waals surface area contributed by atoms with Gasteiger partial charge in [0.1, 0.15) is 29.8 Å². The quantitative estimate of drug-likeness (QED) is 0.168. The van der Waals surface area contributed by atoms with Crippen molar-refractivity contribution in [3.05, 3.63) is 168 Å². The fourth-order valence-electron chi connectivity index (χ4n) is 7.59. The maximum absolute atomic E-state index is 14.4. The topological polar surface area (TPSA) is 33.5 Å². The molecule has 254 valence electrons. The molecule has 0 saturated carbocycles. The number of rotatable bonds is 7. The van der Waals surface area contributed by atoms with Gasteiger partial charge in [-0.3, -0.25) is 4.57 Å². The lowest BCUT2D eigenvalue weighted by molar-refractivity contribution is 0.483. The van der Waals surface area contributed by atoms with E-state index in [0.29, 0.717) is 6.67 Å². The largest absolute Gasteiger partial charge is 0.457 e. The molecule has 0 unspecified atom stereocenters. The van der Waals surface area contributed by atoms with E-state index in [1.165, 1.54) is 28.1 Å². The van der Waals surface area contributed by atoms with E-state index >= 15 is 0 Å². The number of hydrogen-bond acceptors (Lipinski definition) is 4. The van der Waals surface area contributed by atoms with Crippen LogP contribution in [0.2, 0.25) is 0 Å². The molecule has 5 nitrogen and oxygen atoms in total. The molecule has 0 radical (unpaired) electrons. The minimum absolute atomic E-state index is 0.259. The third-order valence-corrected chi connectivity index (χ3v) is 10.1. The molecule has 0 saturated heterocycles. The van der Waals surface area contributed by atoms with Crippen LogP contribution in [0.4, 0.5) is 27.1 Å². The van der Waals surface area contributed by atoms with E-state index in [0.717, 1.165) is 74.0 Å². The van der Waals surface area contributed by atoms with Crippen LogP contribution in [0.25, 0.3) is 38.8 Å². The average Bonchev–Trinajstić information content (AvgIpc) is 3.71. The zero-order valence-corrected chi connectivity index (χ0v) is 29.3. The lowest BCUT2D eigenvalue weighted by atomic mass is 9.98. The van der Waals surface area contributed by atoms with Crippen molar-refractivity contribution in [2.24, 2.45) is 0 Å². The second-order valence-corrected chi connectivity index (χ2v) is 13.5. The van der Waals surface area contributed by atoms with Crippen molar-refractivity contribution in [2.45, 2.75) is 27.2 Å². The number of aromatic nitrogens is 2. The number of pyridine rings is 1. The van der Waals surface area contributed by atoms with Gasteiger partial charge in [-0.25, -0.2) is 9.37 Å². The summed E-state index contributed by atoms with van der Waals surface area (Å²) in [4.78, 5) is 9.22. The van der Waals surface area contributed by atoms with Crippen LogP contribution in [0, 0.1) is 19.7 Å². The van der Waals surface area contributed by atoms with Crippen LogP contribution in [-0.4, -0.2) is 16.2 Å². The zero-order chi connectivity index (χ0) is 35.3. The van der Waals surface area contributed by atoms with Crippen LogP contribution in [0.5, 0.6) is 11.5 Å². The van der Waals surface area contributed by atoms with Gasteiger partial charge < -0.3 is 14.5 Å². The molecule has 8 aromatic rings. The Balaban J connectivity index is 1.18. The van der Waals surface area contributed by atoms with Crippen molar-refractivity contribution in [1.82, 2.24) is 9.55 Å². The predicted molar refractivity (Wildman–Crippen MR) is 211 cm³/mol. The van der Waals surface area contributed by atoms with Gasteiger partial charge in [0.25, 0.3) is 0 Å². The highest BCUT2D eigenvalue weighted by Gasteiger charge is 2.29. The summed E-state index contributed by atoms with van der Waals surface area (Å²) in [5, 5.41) is 2.31. The van der Waals surface area contributed by atoms with Gasteiger partial charge in [-0.15, -0.1) is 0 Å². The third-order valence-electron chi connectivity index (χ3n) is 10.1. The van der Waals surface area contributed by atoms with Gasteiger partial charge in [-0.2, -0.15) is 0 Å². The molecule has 6 aromatic carbocycles. The number of halogens is 1. The number of aryl methyl sites for hydroxylation is 3. The second-order valence-electron chi connectivity index (χ2n) is 13.5. The standard InChI is InChI=1S/C46H37FN4O/c1-4-32-20-21-48-46(23-32)51-42-13-6-5-12-40(42)41-19-17-37(28-45(41)51)52-38-25-33(39-18-16-30(2)22-31(39)3)24-36(27-38)50-29-49(35-11-9-10-34(47)26-35)43-14-7-8-15-44(43)50/h5-28H,4,29H2,1-3H3. The molecule has 0 aliphatic carbocycles. The summed E-state index contributed by atoms with van der Waals surface area (Å²) in [6, 6.07) is 47.1. The van der Waals surface area contributed by atoms with Crippen LogP contribution < -0.4 is 14.5 Å². The number of para-hydroxylation sites is 3. The van der Waals surface area contributed by atoms with Gasteiger partial charge in [0, 0.05) is 40.5 Å². The monoisotopic (exact) mass is 680 g/mol. The lowest BCUT2D eigenvalue weighted by Crippen LogP contribution is -2.24. The van der Waals surface area contributed by atoms with Crippen molar-refractivity contribution in [3.63, 3.8) is 0 Å². The summed E-state index contributed by atoms with van der Waals surface area (Å²) < 4.78 is 23.5. The molecule has 0 amide bonds. The molecule has 1 aliphatic rings. The molecule has 6 heteroatoms. The Hall–Kier alpha value is -6.40. The lowest BCUT2D eigenvalue weighted by Gasteiger charge is -2.23. The fraction of sp³-hybridized carbons (Fsp3) is 0.109. The molecule has 0 bridgehead atoms. The SMILES string of the molecule is CCc1ccnc(-n2c3ccccc3c3ccc(Oc4cc(-c5ccc(C)cc5C)cc(N5CN(c6cccc(F)c6)c6ccccc65)c4)cc32)c1. The van der Waals surface area contributed by atoms with Crippen molar-refractivity contribution in [2.75, 3.05) is 16.5 Å². The predicted octanol–water partition coefficient (Wildman–Crippen LogP) is 12.2. The summed E-state index contributed by atoms with van der Waals surface area (Å²) in [7, 11) is 0. The number of nitrogens with zero attached hydrogens (tertiary/aromatic N) is 4. The van der Waals surface area contributed by atoms with Gasteiger partial charge in [0.05, 0.1) is 22.4 Å². The first kappa shape index (κ1) is 31.6. The Morgan fingerprint density at radius 1 is 0.654 bits per heavy atom.